The molecule has 1 rings (SSSR count). The molecule has 1 aliphatic heterocycles. The van der Waals surface area contributed by atoms with Crippen LogP contribution in [0.1, 0.15) is 34.1 Å². The van der Waals surface area contributed by atoms with Crippen molar-refractivity contribution in [2.75, 3.05) is 52.4 Å². The van der Waals surface area contributed by atoms with Crippen molar-refractivity contribution in [1.82, 2.24) is 15.1 Å². The van der Waals surface area contributed by atoms with Crippen molar-refractivity contribution in [1.29, 1.82) is 0 Å². The van der Waals surface area contributed by atoms with Crippen LogP contribution in [0.5, 0.6) is 0 Å². The number of hydrogen-bond acceptors (Lipinski definition) is 5. The van der Waals surface area contributed by atoms with Gasteiger partial charge >= 0.3 is 5.97 Å². The first kappa shape index (κ1) is 18.4. The highest BCUT2D eigenvalue weighted by atomic mass is 16.5. The van der Waals surface area contributed by atoms with Crippen molar-refractivity contribution in [3.63, 3.8) is 0 Å². The van der Waals surface area contributed by atoms with E-state index < -0.39 is 0 Å². The molecule has 0 amide bonds. The molecule has 5 nitrogen and oxygen atoms in total. The summed E-state index contributed by atoms with van der Waals surface area (Å²) in [6, 6.07) is -0.193. The highest BCUT2D eigenvalue weighted by Gasteiger charge is 2.25. The molecule has 1 heterocycles. The third-order valence-electron chi connectivity index (χ3n) is 3.74. The van der Waals surface area contributed by atoms with Gasteiger partial charge in [-0.2, -0.15) is 0 Å². The fourth-order valence-electron chi connectivity index (χ4n) is 2.71. The molecular formula is C16H33N3O2. The minimum Gasteiger partial charge on any atom is -0.465 e. The lowest BCUT2D eigenvalue weighted by atomic mass is 10.2. The summed E-state index contributed by atoms with van der Waals surface area (Å²) in [7, 11) is 0. The van der Waals surface area contributed by atoms with Gasteiger partial charge in [-0.3, -0.25) is 9.69 Å². The maximum Gasteiger partial charge on any atom is 0.324 e. The molecule has 124 valence electrons. The predicted octanol–water partition coefficient (Wildman–Crippen LogP) is 1.19. The second-order valence-corrected chi connectivity index (χ2v) is 6.25. The number of nitrogens with zero attached hydrogens (tertiary/aromatic N) is 2. The van der Waals surface area contributed by atoms with Crippen LogP contribution in [0.15, 0.2) is 0 Å². The Hall–Kier alpha value is -0.650. The lowest BCUT2D eigenvalue weighted by Gasteiger charge is -2.36. The summed E-state index contributed by atoms with van der Waals surface area (Å²) < 4.78 is 5.18. The maximum absolute atomic E-state index is 12.0. The van der Waals surface area contributed by atoms with E-state index in [2.05, 4.69) is 35.9 Å². The highest BCUT2D eigenvalue weighted by Crippen LogP contribution is 2.06. The van der Waals surface area contributed by atoms with Crippen LogP contribution in [-0.4, -0.2) is 74.2 Å². The van der Waals surface area contributed by atoms with Crippen molar-refractivity contribution >= 4 is 5.97 Å². The number of piperazine rings is 1. The second-order valence-electron chi connectivity index (χ2n) is 6.25. The molecule has 1 N–H and O–H groups in total. The Kier molecular flexibility index (Phi) is 8.88. The highest BCUT2D eigenvalue weighted by molar-refractivity contribution is 5.76. The minimum atomic E-state index is -0.193. The van der Waals surface area contributed by atoms with E-state index in [-0.39, 0.29) is 12.0 Å². The van der Waals surface area contributed by atoms with Crippen LogP contribution in [0, 0.1) is 5.92 Å². The van der Waals surface area contributed by atoms with Gasteiger partial charge in [-0.05, 0) is 25.8 Å². The van der Waals surface area contributed by atoms with Gasteiger partial charge in [0, 0.05) is 39.3 Å². The molecule has 0 aromatic carbocycles. The fraction of sp³-hybridized carbons (Fsp3) is 0.938. The number of nitrogens with one attached hydrogen (secondary N) is 1. The maximum atomic E-state index is 12.0. The molecule has 1 atom stereocenters. The molecule has 0 aliphatic carbocycles. The van der Waals surface area contributed by atoms with E-state index in [1.165, 1.54) is 6.54 Å². The lowest BCUT2D eigenvalue weighted by molar-refractivity contribution is -0.146. The summed E-state index contributed by atoms with van der Waals surface area (Å²) in [6.07, 6.45) is 1.03. The zero-order chi connectivity index (χ0) is 15.7. The van der Waals surface area contributed by atoms with Gasteiger partial charge in [0.2, 0.25) is 0 Å². The number of ether oxygens (including phenoxy) is 1. The number of carbonyl (C=O) groups is 1. The van der Waals surface area contributed by atoms with E-state index in [9.17, 15) is 4.79 Å². The van der Waals surface area contributed by atoms with Crippen LogP contribution in [0.25, 0.3) is 0 Å². The van der Waals surface area contributed by atoms with Crippen LogP contribution in [0.4, 0.5) is 0 Å². The summed E-state index contributed by atoms with van der Waals surface area (Å²) >= 11 is 0. The van der Waals surface area contributed by atoms with Gasteiger partial charge in [0.15, 0.2) is 0 Å². The van der Waals surface area contributed by atoms with Crippen molar-refractivity contribution in [3.05, 3.63) is 0 Å². The summed E-state index contributed by atoms with van der Waals surface area (Å²) in [5.74, 6) is 0.602. The SMILES string of the molecule is CCCNC(CN1CCN(CC(C)C)CC1)C(=O)OCC. The Balaban J connectivity index is 2.39. The Bertz CT molecular complexity index is 289. The fourth-order valence-corrected chi connectivity index (χ4v) is 2.71. The summed E-state index contributed by atoms with van der Waals surface area (Å²) in [4.78, 5) is 16.9. The van der Waals surface area contributed by atoms with Crippen molar-refractivity contribution in [2.24, 2.45) is 5.92 Å². The van der Waals surface area contributed by atoms with Crippen LogP contribution >= 0.6 is 0 Å². The van der Waals surface area contributed by atoms with Crippen molar-refractivity contribution in [2.45, 2.75) is 40.2 Å². The molecule has 0 aromatic heterocycles. The van der Waals surface area contributed by atoms with E-state index in [1.54, 1.807) is 0 Å². The minimum absolute atomic E-state index is 0.115. The quantitative estimate of drug-likeness (QED) is 0.648. The van der Waals surface area contributed by atoms with Crippen LogP contribution in [0.3, 0.4) is 0 Å². The standard InChI is InChI=1S/C16H33N3O2/c1-5-7-17-15(16(20)21-6-2)13-19-10-8-18(9-11-19)12-14(3)4/h14-15,17H,5-13H2,1-4H3. The van der Waals surface area contributed by atoms with Gasteiger partial charge in [-0.25, -0.2) is 0 Å². The molecule has 0 saturated carbocycles. The Morgan fingerprint density at radius 2 is 1.67 bits per heavy atom. The molecule has 1 saturated heterocycles. The first-order chi connectivity index (χ1) is 10.1. The van der Waals surface area contributed by atoms with E-state index in [4.69, 9.17) is 4.74 Å². The second kappa shape index (κ2) is 10.1. The van der Waals surface area contributed by atoms with Gasteiger partial charge in [0.25, 0.3) is 0 Å². The summed E-state index contributed by atoms with van der Waals surface area (Å²) in [5.41, 5.74) is 0. The number of esters is 1. The third kappa shape index (κ3) is 7.25. The molecule has 1 unspecified atom stereocenters. The van der Waals surface area contributed by atoms with Gasteiger partial charge in [-0.1, -0.05) is 20.8 Å². The third-order valence-corrected chi connectivity index (χ3v) is 3.74. The van der Waals surface area contributed by atoms with Crippen LogP contribution in [-0.2, 0) is 9.53 Å². The largest absolute Gasteiger partial charge is 0.465 e. The zero-order valence-corrected chi connectivity index (χ0v) is 14.2. The molecule has 1 fully saturated rings. The molecular weight excluding hydrogens is 266 g/mol. The Morgan fingerprint density at radius 3 is 2.14 bits per heavy atom. The number of rotatable bonds is 9. The van der Waals surface area contributed by atoms with Gasteiger partial charge in [0.05, 0.1) is 6.61 Å². The van der Waals surface area contributed by atoms with E-state index >= 15 is 0 Å². The molecule has 0 radical (unpaired) electrons. The van der Waals surface area contributed by atoms with E-state index in [0.717, 1.165) is 51.6 Å². The lowest BCUT2D eigenvalue weighted by Crippen LogP contribution is -2.53. The summed E-state index contributed by atoms with van der Waals surface area (Å²) in [6.45, 7) is 16.0. The first-order valence-electron chi connectivity index (χ1n) is 8.41. The number of carbonyl (C=O) groups excluding carboxylic acids is 1. The average Bonchev–Trinajstić information content (AvgIpc) is 2.45. The molecule has 5 heteroatoms. The van der Waals surface area contributed by atoms with Crippen LogP contribution in [0.2, 0.25) is 0 Å². The topological polar surface area (TPSA) is 44.8 Å². The van der Waals surface area contributed by atoms with Gasteiger partial charge in [-0.15, -0.1) is 0 Å². The van der Waals surface area contributed by atoms with E-state index in [1.807, 2.05) is 6.92 Å². The first-order valence-corrected chi connectivity index (χ1v) is 8.41. The Morgan fingerprint density at radius 1 is 1.10 bits per heavy atom. The Labute approximate surface area is 130 Å². The summed E-state index contributed by atoms with van der Waals surface area (Å²) in [5, 5.41) is 3.31. The molecule has 1 aliphatic rings. The van der Waals surface area contributed by atoms with Gasteiger partial charge in [0.1, 0.15) is 6.04 Å². The zero-order valence-electron chi connectivity index (χ0n) is 14.2. The van der Waals surface area contributed by atoms with E-state index in [0.29, 0.717) is 6.61 Å². The number of hydrogen-bond donors (Lipinski definition) is 1. The predicted molar refractivity (Wildman–Crippen MR) is 86.4 cm³/mol. The van der Waals surface area contributed by atoms with Gasteiger partial charge < -0.3 is 15.0 Å². The van der Waals surface area contributed by atoms with Crippen molar-refractivity contribution in [3.8, 4) is 0 Å². The smallest absolute Gasteiger partial charge is 0.324 e. The normalized spacial score (nSPS) is 18.9. The van der Waals surface area contributed by atoms with Crippen LogP contribution < -0.4 is 5.32 Å². The molecule has 0 bridgehead atoms. The molecule has 0 aromatic rings. The average molecular weight is 299 g/mol. The molecule has 0 spiro atoms. The van der Waals surface area contributed by atoms with Crippen molar-refractivity contribution < 1.29 is 9.53 Å². The molecule has 21 heavy (non-hydrogen) atoms. The monoisotopic (exact) mass is 299 g/mol.